The van der Waals surface area contributed by atoms with E-state index in [2.05, 4.69) is 31.4 Å². The van der Waals surface area contributed by atoms with Gasteiger partial charge in [-0.25, -0.2) is 8.42 Å². The number of nitrogens with one attached hydrogen (secondary N) is 2. The number of amides is 2. The monoisotopic (exact) mass is 589 g/mol. The highest BCUT2D eigenvalue weighted by atomic mass is 35.5. The van der Waals surface area contributed by atoms with Crippen LogP contribution in [-0.2, 0) is 22.0 Å². The fraction of sp³-hybridized carbons (Fsp3) is 0.188. The second-order valence-corrected chi connectivity index (χ2v) is 13.1. The number of carbonyl (C=O) groups excluding carboxylic acids is 2. The molecule has 0 radical (unpaired) electrons. The number of nitrogens with zero attached hydrogens (tertiary/aromatic N) is 1. The molecule has 0 aliphatic carbocycles. The molecular weight excluding hydrogens is 558 g/mol. The first kappa shape index (κ1) is 29.8. The van der Waals surface area contributed by atoms with Crippen molar-refractivity contribution in [1.29, 1.82) is 0 Å². The van der Waals surface area contributed by atoms with E-state index in [1.807, 2.05) is 12.1 Å². The molecule has 0 atom stereocenters. The third kappa shape index (κ3) is 7.96. The second-order valence-electron chi connectivity index (χ2n) is 10.8. The molecule has 0 bridgehead atoms. The lowest BCUT2D eigenvalue weighted by Gasteiger charge is -2.23. The van der Waals surface area contributed by atoms with Crippen LogP contribution in [0.1, 0.15) is 52.6 Å². The van der Waals surface area contributed by atoms with E-state index < -0.39 is 10.0 Å². The van der Waals surface area contributed by atoms with E-state index in [1.54, 1.807) is 84.9 Å². The Morgan fingerprint density at radius 2 is 1.24 bits per heavy atom. The Kier molecular flexibility index (Phi) is 8.85. The molecule has 0 saturated carbocycles. The van der Waals surface area contributed by atoms with Crippen molar-refractivity contribution >= 4 is 50.5 Å². The van der Waals surface area contributed by atoms with Crippen LogP contribution in [0.4, 0.5) is 17.1 Å². The molecule has 4 rings (SSSR count). The Morgan fingerprint density at radius 1 is 0.756 bits per heavy atom. The fourth-order valence-electron chi connectivity index (χ4n) is 4.14. The molecule has 7 nitrogen and oxygen atoms in total. The van der Waals surface area contributed by atoms with Crippen molar-refractivity contribution in [2.45, 2.75) is 32.7 Å². The highest BCUT2D eigenvalue weighted by Gasteiger charge is 2.19. The minimum absolute atomic E-state index is 0.00758. The summed E-state index contributed by atoms with van der Waals surface area (Å²) < 4.78 is 26.3. The van der Waals surface area contributed by atoms with E-state index in [1.165, 1.54) is 4.31 Å². The summed E-state index contributed by atoms with van der Waals surface area (Å²) in [4.78, 5) is 25.7. The first-order valence-corrected chi connectivity index (χ1v) is 15.2. The van der Waals surface area contributed by atoms with Crippen molar-refractivity contribution in [3.8, 4) is 0 Å². The number of hydrogen-bond acceptors (Lipinski definition) is 4. The molecule has 0 aromatic heterocycles. The molecule has 4 aromatic carbocycles. The molecule has 0 spiro atoms. The molecule has 0 fully saturated rings. The van der Waals surface area contributed by atoms with Gasteiger partial charge in [0.05, 0.1) is 18.5 Å². The van der Waals surface area contributed by atoms with E-state index in [9.17, 15) is 18.0 Å². The molecule has 0 heterocycles. The maximum absolute atomic E-state index is 12.9. The van der Waals surface area contributed by atoms with Gasteiger partial charge in [-0.3, -0.25) is 13.9 Å². The second kappa shape index (κ2) is 12.2. The molecular formula is C32H32ClN3O4S. The summed E-state index contributed by atoms with van der Waals surface area (Å²) in [5.41, 5.74) is 4.25. The molecule has 2 N–H and O–H groups in total. The Hall–Kier alpha value is -4.14. The average molecular weight is 590 g/mol. The quantitative estimate of drug-likeness (QED) is 0.229. The molecule has 9 heteroatoms. The third-order valence-electron chi connectivity index (χ3n) is 6.45. The van der Waals surface area contributed by atoms with Gasteiger partial charge in [0.15, 0.2) is 0 Å². The zero-order valence-corrected chi connectivity index (χ0v) is 24.9. The maximum Gasteiger partial charge on any atom is 0.255 e. The molecule has 0 unspecified atom stereocenters. The first-order valence-electron chi connectivity index (χ1n) is 13.0. The summed E-state index contributed by atoms with van der Waals surface area (Å²) in [5, 5.41) is 6.26. The van der Waals surface area contributed by atoms with Crippen molar-refractivity contribution in [2.24, 2.45) is 0 Å². The number of rotatable bonds is 8. The van der Waals surface area contributed by atoms with E-state index in [0.717, 1.165) is 17.4 Å². The molecule has 4 aromatic rings. The summed E-state index contributed by atoms with van der Waals surface area (Å²) in [6, 6.07) is 27.6. The van der Waals surface area contributed by atoms with Crippen LogP contribution in [0.15, 0.2) is 97.1 Å². The van der Waals surface area contributed by atoms with E-state index >= 15 is 0 Å². The number of hydrogen-bond donors (Lipinski definition) is 2. The van der Waals surface area contributed by atoms with Crippen LogP contribution in [0.2, 0.25) is 5.02 Å². The zero-order chi connectivity index (χ0) is 29.8. The number of anilines is 3. The van der Waals surface area contributed by atoms with E-state index in [0.29, 0.717) is 33.2 Å². The number of sulfonamides is 1. The van der Waals surface area contributed by atoms with Gasteiger partial charge < -0.3 is 10.6 Å². The van der Waals surface area contributed by atoms with Crippen molar-refractivity contribution in [1.82, 2.24) is 0 Å². The molecule has 0 aliphatic rings. The minimum atomic E-state index is -3.59. The van der Waals surface area contributed by atoms with E-state index in [-0.39, 0.29) is 23.8 Å². The van der Waals surface area contributed by atoms with Gasteiger partial charge in [0.2, 0.25) is 10.0 Å². The van der Waals surface area contributed by atoms with Gasteiger partial charge in [-0.15, -0.1) is 0 Å². The summed E-state index contributed by atoms with van der Waals surface area (Å²) in [6.07, 6.45) is 1.14. The van der Waals surface area contributed by atoms with Crippen LogP contribution >= 0.6 is 11.6 Å². The molecule has 2 amide bonds. The smallest absolute Gasteiger partial charge is 0.255 e. The van der Waals surface area contributed by atoms with E-state index in [4.69, 9.17) is 11.6 Å². The SMILES string of the molecule is CC(C)(C)c1ccc(C(=O)Nc2cccc(NC(=O)c3ccc(N(Cc4ccc(Cl)cc4)S(C)(=O)=O)cc3)c2)cc1. The lowest BCUT2D eigenvalue weighted by Crippen LogP contribution is -2.29. The predicted octanol–water partition coefficient (Wildman–Crippen LogP) is 7.11. The van der Waals surface area contributed by atoms with Crippen molar-refractivity contribution in [2.75, 3.05) is 21.2 Å². The lowest BCUT2D eigenvalue weighted by molar-refractivity contribution is 0.101. The molecule has 0 saturated heterocycles. The number of carbonyl (C=O) groups is 2. The van der Waals surface area contributed by atoms with Crippen LogP contribution in [0.25, 0.3) is 0 Å². The molecule has 212 valence electrons. The molecule has 41 heavy (non-hydrogen) atoms. The van der Waals surface area contributed by atoms with Gasteiger partial charge in [-0.05, 0) is 83.3 Å². The van der Waals surface area contributed by atoms with Crippen LogP contribution in [0.5, 0.6) is 0 Å². The molecule has 0 aliphatic heterocycles. The van der Waals surface area contributed by atoms with Crippen LogP contribution in [0, 0.1) is 0 Å². The Labute approximate surface area is 246 Å². The largest absolute Gasteiger partial charge is 0.322 e. The topological polar surface area (TPSA) is 95.6 Å². The zero-order valence-electron chi connectivity index (χ0n) is 23.3. The Bertz CT molecular complexity index is 1650. The van der Waals surface area contributed by atoms with Crippen molar-refractivity contribution in [3.05, 3.63) is 124 Å². The third-order valence-corrected chi connectivity index (χ3v) is 7.84. The van der Waals surface area contributed by atoms with Gasteiger partial charge in [-0.2, -0.15) is 0 Å². The van der Waals surface area contributed by atoms with Crippen LogP contribution < -0.4 is 14.9 Å². The lowest BCUT2D eigenvalue weighted by atomic mass is 9.87. The number of halogens is 1. The van der Waals surface area contributed by atoms with Crippen LogP contribution in [-0.4, -0.2) is 26.5 Å². The van der Waals surface area contributed by atoms with Gasteiger partial charge in [0.25, 0.3) is 11.8 Å². The minimum Gasteiger partial charge on any atom is -0.322 e. The van der Waals surface area contributed by atoms with Crippen molar-refractivity contribution < 1.29 is 18.0 Å². The van der Waals surface area contributed by atoms with Gasteiger partial charge in [0, 0.05) is 27.5 Å². The standard InChI is InChI=1S/C32H32ClN3O4S/c1-32(2,3)25-14-10-23(11-15-25)30(37)34-27-6-5-7-28(20-27)35-31(38)24-12-18-29(19-13-24)36(41(4,39)40)21-22-8-16-26(33)17-9-22/h5-20H,21H2,1-4H3,(H,34,37)(H,35,38). The fourth-order valence-corrected chi connectivity index (χ4v) is 5.15. The van der Waals surface area contributed by atoms with Gasteiger partial charge >= 0.3 is 0 Å². The normalized spacial score (nSPS) is 11.5. The Balaban J connectivity index is 1.43. The highest BCUT2D eigenvalue weighted by molar-refractivity contribution is 7.92. The van der Waals surface area contributed by atoms with Crippen LogP contribution in [0.3, 0.4) is 0 Å². The maximum atomic E-state index is 12.9. The number of benzene rings is 4. The summed E-state index contributed by atoms with van der Waals surface area (Å²) in [6.45, 7) is 6.47. The average Bonchev–Trinajstić information content (AvgIpc) is 2.92. The summed E-state index contributed by atoms with van der Waals surface area (Å²) in [5.74, 6) is -0.625. The van der Waals surface area contributed by atoms with Gasteiger partial charge in [-0.1, -0.05) is 62.7 Å². The Morgan fingerprint density at radius 3 is 1.71 bits per heavy atom. The summed E-state index contributed by atoms with van der Waals surface area (Å²) >= 11 is 5.95. The van der Waals surface area contributed by atoms with Gasteiger partial charge in [0.1, 0.15) is 0 Å². The van der Waals surface area contributed by atoms with Crippen molar-refractivity contribution in [3.63, 3.8) is 0 Å². The predicted molar refractivity (Wildman–Crippen MR) is 166 cm³/mol. The first-order chi connectivity index (χ1) is 19.3. The highest BCUT2D eigenvalue weighted by Crippen LogP contribution is 2.24. The summed E-state index contributed by atoms with van der Waals surface area (Å²) in [7, 11) is -3.59.